The molecule has 0 aromatic heterocycles. The van der Waals surface area contributed by atoms with E-state index in [0.29, 0.717) is 17.7 Å². The second kappa shape index (κ2) is 8.28. The first-order chi connectivity index (χ1) is 7.67. The third-order valence-corrected chi connectivity index (χ3v) is 1.82. The molecule has 0 spiro atoms. The molecule has 6 N–H and O–H groups in total. The molecule has 0 unspecified atom stereocenters. The van der Waals surface area contributed by atoms with E-state index in [1.807, 2.05) is 19.1 Å². The van der Waals surface area contributed by atoms with Crippen LogP contribution in [-0.4, -0.2) is 12.1 Å². The van der Waals surface area contributed by atoms with Crippen LogP contribution in [-0.2, 0) is 0 Å². The van der Waals surface area contributed by atoms with Crippen LogP contribution in [0.1, 0.15) is 30.1 Å². The Kier molecular flexibility index (Phi) is 7.23. The van der Waals surface area contributed by atoms with Crippen LogP contribution in [0.15, 0.2) is 29.4 Å². The van der Waals surface area contributed by atoms with Gasteiger partial charge >= 0.3 is 0 Å². The van der Waals surface area contributed by atoms with Gasteiger partial charge in [0, 0.05) is 17.7 Å². The van der Waals surface area contributed by atoms with Crippen molar-refractivity contribution in [3.05, 3.63) is 29.8 Å². The number of anilines is 1. The molecule has 0 bridgehead atoms. The number of benzene rings is 1. The minimum absolute atomic E-state index is 0.135. The normalized spacial score (nSPS) is 9.56. The molecule has 1 aromatic rings. The SMILES string of the molecule is CCCC(=O)c1ccccc1N.N/C=N\N. The maximum atomic E-state index is 11.4. The number of hydrazone groups is 1. The summed E-state index contributed by atoms with van der Waals surface area (Å²) in [6, 6.07) is 7.19. The summed E-state index contributed by atoms with van der Waals surface area (Å²) < 4.78 is 0. The average Bonchev–Trinajstić information content (AvgIpc) is 2.30. The summed E-state index contributed by atoms with van der Waals surface area (Å²) in [5.74, 6) is 4.61. The number of carbonyl (C=O) groups excluding carboxylic acids is 1. The molecule has 1 aromatic carbocycles. The Balaban J connectivity index is 0.000000487. The highest BCUT2D eigenvalue weighted by Crippen LogP contribution is 2.13. The molecule has 16 heavy (non-hydrogen) atoms. The lowest BCUT2D eigenvalue weighted by molar-refractivity contribution is 0.0982. The van der Waals surface area contributed by atoms with E-state index in [9.17, 15) is 4.79 Å². The van der Waals surface area contributed by atoms with Crippen molar-refractivity contribution in [3.63, 3.8) is 0 Å². The molecule has 0 fully saturated rings. The smallest absolute Gasteiger partial charge is 0.164 e. The van der Waals surface area contributed by atoms with Crippen molar-refractivity contribution >= 4 is 17.8 Å². The van der Waals surface area contributed by atoms with E-state index >= 15 is 0 Å². The van der Waals surface area contributed by atoms with Gasteiger partial charge in [-0.05, 0) is 18.6 Å². The number of nitrogen functional groups attached to an aromatic ring is 1. The van der Waals surface area contributed by atoms with Gasteiger partial charge < -0.3 is 17.3 Å². The summed E-state index contributed by atoms with van der Waals surface area (Å²) in [4.78, 5) is 11.4. The van der Waals surface area contributed by atoms with E-state index in [4.69, 9.17) is 5.73 Å². The zero-order valence-electron chi connectivity index (χ0n) is 9.39. The number of ketones is 1. The van der Waals surface area contributed by atoms with Crippen molar-refractivity contribution in [3.8, 4) is 0 Å². The first kappa shape index (κ1) is 14.0. The molecule has 1 rings (SSSR count). The zero-order chi connectivity index (χ0) is 12.4. The van der Waals surface area contributed by atoms with Crippen molar-refractivity contribution in [2.24, 2.45) is 16.7 Å². The third kappa shape index (κ3) is 4.99. The highest BCUT2D eigenvalue weighted by molar-refractivity contribution is 6.00. The maximum Gasteiger partial charge on any atom is 0.164 e. The Bertz CT molecular complexity index is 346. The number of carbonyl (C=O) groups is 1. The molecular weight excluding hydrogens is 204 g/mol. The topological polar surface area (TPSA) is 107 Å². The highest BCUT2D eigenvalue weighted by Gasteiger charge is 2.06. The van der Waals surface area contributed by atoms with Crippen molar-refractivity contribution in [1.82, 2.24) is 0 Å². The molecule has 0 amide bonds. The van der Waals surface area contributed by atoms with E-state index in [0.717, 1.165) is 12.8 Å². The van der Waals surface area contributed by atoms with Crippen LogP contribution in [0.4, 0.5) is 5.69 Å². The fraction of sp³-hybridized carbons (Fsp3) is 0.273. The Labute approximate surface area is 95.3 Å². The van der Waals surface area contributed by atoms with Crippen LogP contribution < -0.4 is 17.3 Å². The van der Waals surface area contributed by atoms with Gasteiger partial charge in [-0.2, -0.15) is 5.10 Å². The monoisotopic (exact) mass is 222 g/mol. The lowest BCUT2D eigenvalue weighted by atomic mass is 10.1. The van der Waals surface area contributed by atoms with Gasteiger partial charge in [0.1, 0.15) is 6.34 Å². The summed E-state index contributed by atoms with van der Waals surface area (Å²) in [6.45, 7) is 1.98. The fourth-order valence-electron chi connectivity index (χ4n) is 1.11. The first-order valence-corrected chi connectivity index (χ1v) is 4.98. The number of hydrogen-bond acceptors (Lipinski definition) is 4. The summed E-state index contributed by atoms with van der Waals surface area (Å²) >= 11 is 0. The van der Waals surface area contributed by atoms with Gasteiger partial charge in [-0.1, -0.05) is 19.1 Å². The van der Waals surface area contributed by atoms with Crippen LogP contribution in [0.25, 0.3) is 0 Å². The molecule has 0 atom stereocenters. The summed E-state index contributed by atoms with van der Waals surface area (Å²) in [7, 11) is 0. The second-order valence-electron chi connectivity index (χ2n) is 3.06. The van der Waals surface area contributed by atoms with E-state index in [2.05, 4.69) is 16.7 Å². The van der Waals surface area contributed by atoms with Crippen molar-refractivity contribution < 1.29 is 4.79 Å². The van der Waals surface area contributed by atoms with Gasteiger partial charge in [-0.25, -0.2) is 0 Å². The van der Waals surface area contributed by atoms with Crippen molar-refractivity contribution in [2.45, 2.75) is 19.8 Å². The number of Topliss-reactive ketones (excluding diaryl/α,β-unsaturated/α-hetero) is 1. The van der Waals surface area contributed by atoms with Crippen molar-refractivity contribution in [2.75, 3.05) is 5.73 Å². The average molecular weight is 222 g/mol. The number of hydrogen-bond donors (Lipinski definition) is 3. The molecule has 0 aliphatic heterocycles. The van der Waals surface area contributed by atoms with Gasteiger partial charge in [0.15, 0.2) is 5.78 Å². The molecule has 0 saturated heterocycles. The Hall–Kier alpha value is -2.04. The first-order valence-electron chi connectivity index (χ1n) is 4.98. The van der Waals surface area contributed by atoms with Crippen LogP contribution >= 0.6 is 0 Å². The van der Waals surface area contributed by atoms with Crippen molar-refractivity contribution in [1.29, 1.82) is 0 Å². The molecule has 5 heteroatoms. The zero-order valence-corrected chi connectivity index (χ0v) is 9.39. The van der Waals surface area contributed by atoms with E-state index in [1.165, 1.54) is 0 Å². The molecule has 0 aliphatic carbocycles. The van der Waals surface area contributed by atoms with E-state index in [-0.39, 0.29) is 5.78 Å². The Morgan fingerprint density at radius 2 is 2.00 bits per heavy atom. The van der Waals surface area contributed by atoms with Crippen LogP contribution in [0.3, 0.4) is 0 Å². The highest BCUT2D eigenvalue weighted by atomic mass is 16.1. The minimum Gasteiger partial charge on any atom is -0.398 e. The molecule has 0 saturated carbocycles. The third-order valence-electron chi connectivity index (χ3n) is 1.82. The Morgan fingerprint density at radius 3 is 2.44 bits per heavy atom. The van der Waals surface area contributed by atoms with Crippen LogP contribution in [0, 0.1) is 0 Å². The fourth-order valence-corrected chi connectivity index (χ4v) is 1.11. The van der Waals surface area contributed by atoms with Gasteiger partial charge in [0.25, 0.3) is 0 Å². The summed E-state index contributed by atoms with van der Waals surface area (Å²) in [6.07, 6.45) is 2.47. The number of nitrogens with two attached hydrogens (primary N) is 3. The van der Waals surface area contributed by atoms with Gasteiger partial charge in [-0.3, -0.25) is 4.79 Å². The molecule has 0 aliphatic rings. The van der Waals surface area contributed by atoms with Crippen LogP contribution in [0.5, 0.6) is 0 Å². The van der Waals surface area contributed by atoms with Gasteiger partial charge in [-0.15, -0.1) is 0 Å². The number of nitrogens with zero attached hydrogens (tertiary/aromatic N) is 1. The Morgan fingerprint density at radius 1 is 1.44 bits per heavy atom. The largest absolute Gasteiger partial charge is 0.398 e. The molecule has 0 radical (unpaired) electrons. The predicted octanol–water partition coefficient (Wildman–Crippen LogP) is 1.10. The minimum atomic E-state index is 0.135. The molecule has 0 heterocycles. The standard InChI is InChI=1S/C10H13NO.CH5N3/c1-2-5-10(12)8-6-3-4-7-9(8)11;2-1-4-3/h3-4,6-7H,2,5,11H2,1H3;1H,3H2,(H2,2,4). The number of rotatable bonds is 3. The van der Waals surface area contributed by atoms with Crippen LogP contribution in [0.2, 0.25) is 0 Å². The molecule has 88 valence electrons. The lowest BCUT2D eigenvalue weighted by Gasteiger charge is -2.01. The van der Waals surface area contributed by atoms with Gasteiger partial charge in [0.2, 0.25) is 0 Å². The van der Waals surface area contributed by atoms with E-state index in [1.54, 1.807) is 12.1 Å². The summed E-state index contributed by atoms with van der Waals surface area (Å²) in [5.41, 5.74) is 11.5. The lowest BCUT2D eigenvalue weighted by Crippen LogP contribution is -2.02. The number of para-hydroxylation sites is 1. The molecule has 5 nitrogen and oxygen atoms in total. The maximum absolute atomic E-state index is 11.4. The second-order valence-corrected chi connectivity index (χ2v) is 3.06. The predicted molar refractivity (Wildman–Crippen MR) is 67.0 cm³/mol. The van der Waals surface area contributed by atoms with E-state index < -0.39 is 0 Å². The van der Waals surface area contributed by atoms with Gasteiger partial charge in [0.05, 0.1) is 0 Å². The quantitative estimate of drug-likeness (QED) is 0.178. The summed E-state index contributed by atoms with van der Waals surface area (Å²) in [5, 5.41) is 2.89. The molecular formula is C11H18N4O.